The monoisotopic (exact) mass is 240 g/mol. The Balaban J connectivity index is 2.04. The topological polar surface area (TPSA) is 55.0 Å². The van der Waals surface area contributed by atoms with Crippen LogP contribution in [-0.2, 0) is 13.1 Å². The summed E-state index contributed by atoms with van der Waals surface area (Å²) < 4.78 is 0. The van der Waals surface area contributed by atoms with Crippen molar-refractivity contribution in [2.45, 2.75) is 13.1 Å². The Hall–Kier alpha value is -0.980. The summed E-state index contributed by atoms with van der Waals surface area (Å²) in [7, 11) is 2.01. The summed E-state index contributed by atoms with van der Waals surface area (Å²) in [4.78, 5) is 11.7. The molecule has 2 aromatic heterocycles. The highest BCUT2D eigenvalue weighted by atomic mass is 32.1. The summed E-state index contributed by atoms with van der Waals surface area (Å²) in [5.41, 5.74) is 8.46. The largest absolute Gasteiger partial charge is 0.345 e. The van der Waals surface area contributed by atoms with Crippen molar-refractivity contribution in [1.82, 2.24) is 9.97 Å². The summed E-state index contributed by atoms with van der Waals surface area (Å²) in [6.07, 6.45) is 1.83. The first kappa shape index (κ1) is 10.5. The third kappa shape index (κ3) is 2.53. The van der Waals surface area contributed by atoms with Gasteiger partial charge in [-0.25, -0.2) is 9.97 Å². The molecule has 80 valence electrons. The summed E-state index contributed by atoms with van der Waals surface area (Å²) in [5, 5.41) is 3.04. The van der Waals surface area contributed by atoms with Crippen LogP contribution in [0.5, 0.6) is 0 Å². The van der Waals surface area contributed by atoms with Gasteiger partial charge in [-0.15, -0.1) is 22.7 Å². The second kappa shape index (κ2) is 4.69. The highest BCUT2D eigenvalue weighted by Gasteiger charge is 2.07. The molecule has 0 aromatic carbocycles. The standard InChI is InChI=1S/C9H12N4S2/c1-13(4-7-5-14-6-12-7)9-11-3-8(2-10)15-9/h3,5-6H,2,4,10H2,1H3. The fourth-order valence-corrected chi connectivity index (χ4v) is 2.49. The van der Waals surface area contributed by atoms with Crippen molar-refractivity contribution in [3.05, 3.63) is 27.7 Å². The van der Waals surface area contributed by atoms with Crippen LogP contribution in [0.2, 0.25) is 0 Å². The zero-order chi connectivity index (χ0) is 10.7. The van der Waals surface area contributed by atoms with Crippen LogP contribution in [0.15, 0.2) is 17.1 Å². The predicted octanol–water partition coefficient (Wildman–Crippen LogP) is 1.69. The van der Waals surface area contributed by atoms with Gasteiger partial charge in [0.1, 0.15) is 0 Å². The van der Waals surface area contributed by atoms with Gasteiger partial charge in [0.25, 0.3) is 0 Å². The van der Waals surface area contributed by atoms with E-state index in [1.807, 2.05) is 24.1 Å². The van der Waals surface area contributed by atoms with E-state index < -0.39 is 0 Å². The Morgan fingerprint density at radius 2 is 2.33 bits per heavy atom. The molecule has 0 amide bonds. The number of nitrogens with two attached hydrogens (primary N) is 1. The Kier molecular flexibility index (Phi) is 3.30. The third-order valence-electron chi connectivity index (χ3n) is 1.95. The van der Waals surface area contributed by atoms with E-state index in [-0.39, 0.29) is 0 Å². The molecular formula is C9H12N4S2. The quantitative estimate of drug-likeness (QED) is 0.883. The minimum Gasteiger partial charge on any atom is -0.345 e. The van der Waals surface area contributed by atoms with Crippen LogP contribution in [0.4, 0.5) is 5.13 Å². The highest BCUT2D eigenvalue weighted by Crippen LogP contribution is 2.22. The Morgan fingerprint density at radius 3 is 2.93 bits per heavy atom. The lowest BCUT2D eigenvalue weighted by molar-refractivity contribution is 0.888. The first-order valence-corrected chi connectivity index (χ1v) is 6.28. The molecule has 0 unspecified atom stereocenters. The maximum atomic E-state index is 5.54. The summed E-state index contributed by atoms with van der Waals surface area (Å²) >= 11 is 3.24. The lowest BCUT2D eigenvalue weighted by Gasteiger charge is -2.13. The smallest absolute Gasteiger partial charge is 0.185 e. The molecule has 0 saturated heterocycles. The van der Waals surface area contributed by atoms with Crippen molar-refractivity contribution in [2.24, 2.45) is 5.73 Å². The minimum atomic E-state index is 0.558. The molecular weight excluding hydrogens is 228 g/mol. The van der Waals surface area contributed by atoms with Crippen LogP contribution in [0.3, 0.4) is 0 Å². The van der Waals surface area contributed by atoms with Gasteiger partial charge in [0, 0.05) is 30.0 Å². The van der Waals surface area contributed by atoms with Gasteiger partial charge < -0.3 is 10.6 Å². The van der Waals surface area contributed by atoms with Crippen molar-refractivity contribution >= 4 is 27.8 Å². The second-order valence-corrected chi connectivity index (χ2v) is 4.96. The van der Waals surface area contributed by atoms with Gasteiger partial charge >= 0.3 is 0 Å². The number of nitrogens with zero attached hydrogens (tertiary/aromatic N) is 3. The fraction of sp³-hybridized carbons (Fsp3) is 0.333. The molecule has 2 N–H and O–H groups in total. The number of anilines is 1. The molecule has 6 heteroatoms. The first-order chi connectivity index (χ1) is 7.29. The molecule has 2 heterocycles. The van der Waals surface area contributed by atoms with Crippen LogP contribution < -0.4 is 10.6 Å². The number of hydrogen-bond donors (Lipinski definition) is 1. The van der Waals surface area contributed by atoms with Gasteiger partial charge in [-0.3, -0.25) is 0 Å². The van der Waals surface area contributed by atoms with Gasteiger partial charge in [0.2, 0.25) is 0 Å². The van der Waals surface area contributed by atoms with E-state index in [1.165, 1.54) is 0 Å². The van der Waals surface area contributed by atoms with Crippen LogP contribution in [0, 0.1) is 0 Å². The predicted molar refractivity (Wildman–Crippen MR) is 64.2 cm³/mol. The van der Waals surface area contributed by atoms with Crippen molar-refractivity contribution in [3.63, 3.8) is 0 Å². The molecule has 0 saturated carbocycles. The van der Waals surface area contributed by atoms with E-state index in [1.54, 1.807) is 22.7 Å². The highest BCUT2D eigenvalue weighted by molar-refractivity contribution is 7.15. The molecule has 15 heavy (non-hydrogen) atoms. The van der Waals surface area contributed by atoms with E-state index in [0.29, 0.717) is 6.54 Å². The number of thiazole rings is 2. The molecule has 0 bridgehead atoms. The molecule has 2 rings (SSSR count). The van der Waals surface area contributed by atoms with Crippen molar-refractivity contribution in [1.29, 1.82) is 0 Å². The zero-order valence-electron chi connectivity index (χ0n) is 8.38. The van der Waals surface area contributed by atoms with E-state index in [0.717, 1.165) is 22.2 Å². The molecule has 0 aliphatic heterocycles. The molecule has 2 aromatic rings. The number of hydrogen-bond acceptors (Lipinski definition) is 6. The Morgan fingerprint density at radius 1 is 1.47 bits per heavy atom. The summed E-state index contributed by atoms with van der Waals surface area (Å²) in [6.45, 7) is 1.35. The molecule has 0 radical (unpaired) electrons. The van der Waals surface area contributed by atoms with Gasteiger partial charge in [0.05, 0.1) is 17.7 Å². The van der Waals surface area contributed by atoms with Crippen molar-refractivity contribution in [2.75, 3.05) is 11.9 Å². The van der Waals surface area contributed by atoms with Crippen molar-refractivity contribution in [3.8, 4) is 0 Å². The Bertz CT molecular complexity index is 409. The van der Waals surface area contributed by atoms with Gasteiger partial charge in [-0.1, -0.05) is 0 Å². The summed E-state index contributed by atoms with van der Waals surface area (Å²) in [5.74, 6) is 0. The third-order valence-corrected chi connectivity index (χ3v) is 3.72. The van der Waals surface area contributed by atoms with Crippen LogP contribution in [-0.4, -0.2) is 17.0 Å². The molecule has 0 atom stereocenters. The lowest BCUT2D eigenvalue weighted by Crippen LogP contribution is -2.16. The van der Waals surface area contributed by atoms with E-state index in [4.69, 9.17) is 5.73 Å². The van der Waals surface area contributed by atoms with Gasteiger partial charge in [-0.05, 0) is 0 Å². The fourth-order valence-electron chi connectivity index (χ4n) is 1.19. The van der Waals surface area contributed by atoms with E-state index >= 15 is 0 Å². The SMILES string of the molecule is CN(Cc1cscn1)c1ncc(CN)s1. The molecule has 0 aliphatic rings. The van der Waals surface area contributed by atoms with Crippen LogP contribution in [0.1, 0.15) is 10.6 Å². The minimum absolute atomic E-state index is 0.558. The molecule has 0 fully saturated rings. The average molecular weight is 240 g/mol. The summed E-state index contributed by atoms with van der Waals surface area (Å²) in [6, 6.07) is 0. The normalized spacial score (nSPS) is 10.5. The van der Waals surface area contributed by atoms with E-state index in [2.05, 4.69) is 14.9 Å². The lowest BCUT2D eigenvalue weighted by atomic mass is 10.5. The average Bonchev–Trinajstić information content (AvgIpc) is 2.86. The second-order valence-electron chi connectivity index (χ2n) is 3.15. The van der Waals surface area contributed by atoms with Gasteiger partial charge in [-0.2, -0.15) is 0 Å². The molecule has 0 spiro atoms. The van der Waals surface area contributed by atoms with Crippen LogP contribution >= 0.6 is 22.7 Å². The maximum Gasteiger partial charge on any atom is 0.185 e. The van der Waals surface area contributed by atoms with Crippen LogP contribution in [0.25, 0.3) is 0 Å². The van der Waals surface area contributed by atoms with Crippen molar-refractivity contribution < 1.29 is 0 Å². The van der Waals surface area contributed by atoms with E-state index in [9.17, 15) is 0 Å². The molecule has 4 nitrogen and oxygen atoms in total. The number of aromatic nitrogens is 2. The maximum absolute atomic E-state index is 5.54. The number of rotatable bonds is 4. The Labute approximate surface area is 96.4 Å². The van der Waals surface area contributed by atoms with Gasteiger partial charge in [0.15, 0.2) is 5.13 Å². The first-order valence-electron chi connectivity index (χ1n) is 4.52. The molecule has 0 aliphatic carbocycles. The zero-order valence-corrected chi connectivity index (χ0v) is 10.0.